The predicted molar refractivity (Wildman–Crippen MR) is 145 cm³/mol. The van der Waals surface area contributed by atoms with Crippen LogP contribution in [0.1, 0.15) is 64.1 Å². The van der Waals surface area contributed by atoms with Gasteiger partial charge in [-0.2, -0.15) is 0 Å². The Morgan fingerprint density at radius 3 is 2.63 bits per heavy atom. The van der Waals surface area contributed by atoms with Crippen molar-refractivity contribution in [2.24, 2.45) is 17.1 Å². The fraction of sp³-hybridized carbons (Fsp3) is 0.346. The van der Waals surface area contributed by atoms with E-state index in [1.54, 1.807) is 18.2 Å². The second kappa shape index (κ2) is 9.76. The van der Waals surface area contributed by atoms with Gasteiger partial charge in [-0.3, -0.25) is 14.9 Å². The SMILES string of the molecule is Cc1ccc(-c2ccc(C(=O)NC(=S)Nc3sc4c(c3C(N)=O)CC[C@H](C(C)(C)C)C4)o2)cc1Cl. The van der Waals surface area contributed by atoms with Gasteiger partial charge in [0.1, 0.15) is 10.8 Å². The zero-order valence-electron chi connectivity index (χ0n) is 20.1. The summed E-state index contributed by atoms with van der Waals surface area (Å²) in [6.45, 7) is 8.63. The molecule has 0 aliphatic heterocycles. The number of nitrogens with two attached hydrogens (primary N) is 1. The Labute approximate surface area is 219 Å². The van der Waals surface area contributed by atoms with Gasteiger partial charge in [0.05, 0.1) is 5.56 Å². The number of carbonyl (C=O) groups is 2. The Morgan fingerprint density at radius 1 is 1.23 bits per heavy atom. The van der Waals surface area contributed by atoms with Crippen LogP contribution in [0.2, 0.25) is 5.02 Å². The Balaban J connectivity index is 1.48. The molecule has 6 nitrogen and oxygen atoms in total. The van der Waals surface area contributed by atoms with Crippen LogP contribution in [0.4, 0.5) is 5.00 Å². The van der Waals surface area contributed by atoms with Gasteiger partial charge in [-0.25, -0.2) is 0 Å². The molecular weight excluding hydrogens is 502 g/mol. The van der Waals surface area contributed by atoms with E-state index in [9.17, 15) is 9.59 Å². The number of thiocarbonyl (C=S) groups is 1. The largest absolute Gasteiger partial charge is 0.451 e. The van der Waals surface area contributed by atoms with Crippen LogP contribution >= 0.6 is 35.2 Å². The summed E-state index contributed by atoms with van der Waals surface area (Å²) >= 11 is 13.0. The average Bonchev–Trinajstić information content (AvgIpc) is 3.39. The molecule has 0 unspecified atom stereocenters. The van der Waals surface area contributed by atoms with E-state index in [1.165, 1.54) is 11.3 Å². The zero-order chi connectivity index (χ0) is 25.5. The molecule has 0 bridgehead atoms. The van der Waals surface area contributed by atoms with Gasteiger partial charge in [-0.1, -0.05) is 44.5 Å². The van der Waals surface area contributed by atoms with Crippen LogP contribution in [0.5, 0.6) is 0 Å². The summed E-state index contributed by atoms with van der Waals surface area (Å²) < 4.78 is 5.72. The van der Waals surface area contributed by atoms with Crippen LogP contribution in [-0.4, -0.2) is 16.9 Å². The number of halogens is 1. The predicted octanol–water partition coefficient (Wildman–Crippen LogP) is 6.35. The molecule has 4 N–H and O–H groups in total. The summed E-state index contributed by atoms with van der Waals surface area (Å²) in [5.41, 5.74) is 9.08. The first-order valence-corrected chi connectivity index (χ1v) is 13.0. The number of furan rings is 1. The molecule has 0 saturated heterocycles. The van der Waals surface area contributed by atoms with E-state index < -0.39 is 11.8 Å². The van der Waals surface area contributed by atoms with Crippen LogP contribution in [0.3, 0.4) is 0 Å². The van der Waals surface area contributed by atoms with Gasteiger partial charge in [0.25, 0.3) is 11.8 Å². The molecule has 0 radical (unpaired) electrons. The Kier molecular flexibility index (Phi) is 7.09. The summed E-state index contributed by atoms with van der Waals surface area (Å²) in [6, 6.07) is 8.84. The number of anilines is 1. The average molecular weight is 530 g/mol. The number of benzene rings is 1. The number of hydrogen-bond acceptors (Lipinski definition) is 5. The lowest BCUT2D eigenvalue weighted by molar-refractivity contribution is 0.0950. The first-order chi connectivity index (χ1) is 16.4. The topological polar surface area (TPSA) is 97.4 Å². The van der Waals surface area contributed by atoms with E-state index in [0.29, 0.717) is 27.3 Å². The summed E-state index contributed by atoms with van der Waals surface area (Å²) in [7, 11) is 0. The quantitative estimate of drug-likeness (QED) is 0.342. The third-order valence-electron chi connectivity index (χ3n) is 6.48. The number of rotatable bonds is 4. The normalized spacial score (nSPS) is 15.4. The highest BCUT2D eigenvalue weighted by Gasteiger charge is 2.33. The molecule has 2 heterocycles. The van der Waals surface area contributed by atoms with E-state index in [4.69, 9.17) is 34.0 Å². The van der Waals surface area contributed by atoms with Gasteiger partial charge in [-0.05, 0) is 79.1 Å². The smallest absolute Gasteiger partial charge is 0.293 e. The molecule has 1 aliphatic carbocycles. The molecule has 35 heavy (non-hydrogen) atoms. The number of hydrogen-bond donors (Lipinski definition) is 3. The van der Waals surface area contributed by atoms with E-state index in [0.717, 1.165) is 40.8 Å². The highest BCUT2D eigenvalue weighted by Crippen LogP contribution is 2.44. The van der Waals surface area contributed by atoms with Crippen molar-refractivity contribution in [3.8, 4) is 11.3 Å². The Bertz CT molecular complexity index is 1320. The van der Waals surface area contributed by atoms with E-state index in [1.807, 2.05) is 19.1 Å². The van der Waals surface area contributed by atoms with Gasteiger partial charge in [0.15, 0.2) is 10.9 Å². The number of aryl methyl sites for hydroxylation is 1. The standard InChI is InChI=1S/C26H28ClN3O3S2/c1-13-5-6-14(11-17(13)27)18-9-10-19(33-18)23(32)29-25(34)30-24-21(22(28)31)16-8-7-15(26(2,3)4)12-20(16)35-24/h5-6,9-11,15H,7-8,12H2,1-4H3,(H2,28,31)(H2,29,30,32,34)/t15-/m0/s1. The lowest BCUT2D eigenvalue weighted by Gasteiger charge is -2.33. The van der Waals surface area contributed by atoms with Gasteiger partial charge >= 0.3 is 0 Å². The van der Waals surface area contributed by atoms with Gasteiger partial charge in [0, 0.05) is 15.5 Å². The van der Waals surface area contributed by atoms with Crippen molar-refractivity contribution in [3.63, 3.8) is 0 Å². The summed E-state index contributed by atoms with van der Waals surface area (Å²) in [5, 5.41) is 6.89. The summed E-state index contributed by atoms with van der Waals surface area (Å²) in [4.78, 5) is 26.2. The molecule has 184 valence electrons. The first kappa shape index (κ1) is 25.4. The molecule has 0 spiro atoms. The number of nitrogens with one attached hydrogen (secondary N) is 2. The van der Waals surface area contributed by atoms with Crippen molar-refractivity contribution >= 4 is 57.1 Å². The minimum atomic E-state index is -0.499. The minimum Gasteiger partial charge on any atom is -0.451 e. The van der Waals surface area contributed by atoms with Crippen molar-refractivity contribution in [1.29, 1.82) is 0 Å². The molecule has 0 saturated carbocycles. The summed E-state index contributed by atoms with van der Waals surface area (Å²) in [6.07, 6.45) is 2.69. The van der Waals surface area contributed by atoms with Crippen molar-refractivity contribution < 1.29 is 14.0 Å². The van der Waals surface area contributed by atoms with Crippen LogP contribution in [0.15, 0.2) is 34.7 Å². The molecule has 9 heteroatoms. The monoisotopic (exact) mass is 529 g/mol. The van der Waals surface area contributed by atoms with E-state index in [2.05, 4.69) is 31.4 Å². The fourth-order valence-corrected chi connectivity index (χ4v) is 6.11. The van der Waals surface area contributed by atoms with E-state index in [-0.39, 0.29) is 16.3 Å². The molecule has 1 aliphatic rings. The second-order valence-electron chi connectivity index (χ2n) is 9.91. The lowest BCUT2D eigenvalue weighted by atomic mass is 9.72. The van der Waals surface area contributed by atoms with Crippen LogP contribution < -0.4 is 16.4 Å². The highest BCUT2D eigenvalue weighted by molar-refractivity contribution is 7.80. The second-order valence-corrected chi connectivity index (χ2v) is 11.8. The minimum absolute atomic E-state index is 0.0693. The molecule has 3 aromatic rings. The summed E-state index contributed by atoms with van der Waals surface area (Å²) in [5.74, 6) is 0.147. The Hall–Kier alpha value is -2.68. The number of fused-ring (bicyclic) bond motifs is 1. The van der Waals surface area contributed by atoms with Crippen LogP contribution in [-0.2, 0) is 12.8 Å². The van der Waals surface area contributed by atoms with Crippen LogP contribution in [0, 0.1) is 18.3 Å². The van der Waals surface area contributed by atoms with Gasteiger partial charge in [0.2, 0.25) is 0 Å². The van der Waals surface area contributed by atoms with Crippen molar-refractivity contribution in [1.82, 2.24) is 5.32 Å². The first-order valence-electron chi connectivity index (χ1n) is 11.4. The van der Waals surface area contributed by atoms with Crippen molar-refractivity contribution in [2.75, 3.05) is 5.32 Å². The maximum absolute atomic E-state index is 12.7. The van der Waals surface area contributed by atoms with Gasteiger partial charge < -0.3 is 15.5 Å². The molecule has 1 aromatic carbocycles. The maximum atomic E-state index is 12.7. The molecule has 0 fully saturated rings. The number of amides is 2. The van der Waals surface area contributed by atoms with Crippen molar-refractivity contribution in [2.45, 2.75) is 47.0 Å². The van der Waals surface area contributed by atoms with E-state index >= 15 is 0 Å². The molecular formula is C26H28ClN3O3S2. The molecule has 4 rings (SSSR count). The zero-order valence-corrected chi connectivity index (χ0v) is 22.5. The maximum Gasteiger partial charge on any atom is 0.293 e. The lowest BCUT2D eigenvalue weighted by Crippen LogP contribution is -2.34. The highest BCUT2D eigenvalue weighted by atomic mass is 35.5. The number of primary amides is 1. The molecule has 2 amide bonds. The molecule has 1 atom stereocenters. The third-order valence-corrected chi connectivity index (χ3v) is 8.26. The fourth-order valence-electron chi connectivity index (χ4n) is 4.33. The van der Waals surface area contributed by atoms with Crippen molar-refractivity contribution in [3.05, 3.63) is 62.7 Å². The third kappa shape index (κ3) is 5.44. The van der Waals surface area contributed by atoms with Gasteiger partial charge in [-0.15, -0.1) is 11.3 Å². The molecule has 2 aromatic heterocycles. The van der Waals surface area contributed by atoms with Crippen LogP contribution in [0.25, 0.3) is 11.3 Å². The number of thiophene rings is 1. The number of carbonyl (C=O) groups excluding carboxylic acids is 2. The Morgan fingerprint density at radius 2 is 1.97 bits per heavy atom.